The van der Waals surface area contributed by atoms with Gasteiger partial charge in [0.15, 0.2) is 0 Å². The third kappa shape index (κ3) is 3.32. The zero-order valence-electron chi connectivity index (χ0n) is 13.3. The molecule has 0 aliphatic heterocycles. The third-order valence-electron chi connectivity index (χ3n) is 4.41. The van der Waals surface area contributed by atoms with Gasteiger partial charge < -0.3 is 5.32 Å². The van der Waals surface area contributed by atoms with Crippen molar-refractivity contribution in [2.75, 3.05) is 6.54 Å². The summed E-state index contributed by atoms with van der Waals surface area (Å²) in [6.45, 7) is 5.03. The smallest absolute Gasteiger partial charge is 0.223 e. The van der Waals surface area contributed by atoms with Crippen molar-refractivity contribution in [3.63, 3.8) is 0 Å². The van der Waals surface area contributed by atoms with Crippen molar-refractivity contribution < 1.29 is 4.79 Å². The van der Waals surface area contributed by atoms with Gasteiger partial charge in [-0.1, -0.05) is 38.8 Å². The topological polar surface area (TPSA) is 42.0 Å². The first-order valence-electron chi connectivity index (χ1n) is 8.28. The molecule has 2 atom stereocenters. The lowest BCUT2D eigenvalue weighted by Crippen LogP contribution is -2.37. The molecule has 0 saturated heterocycles. The van der Waals surface area contributed by atoms with Crippen LogP contribution >= 0.6 is 11.3 Å². The van der Waals surface area contributed by atoms with Crippen LogP contribution in [0.3, 0.4) is 0 Å². The first kappa shape index (κ1) is 15.5. The van der Waals surface area contributed by atoms with Crippen molar-refractivity contribution >= 4 is 27.5 Å². The second-order valence-electron chi connectivity index (χ2n) is 6.66. The molecule has 0 spiro atoms. The molecule has 1 aromatic carbocycles. The Morgan fingerprint density at radius 3 is 2.86 bits per heavy atom. The highest BCUT2D eigenvalue weighted by atomic mass is 32.1. The van der Waals surface area contributed by atoms with E-state index in [0.29, 0.717) is 11.8 Å². The number of thiazole rings is 1. The van der Waals surface area contributed by atoms with Gasteiger partial charge in [-0.2, -0.15) is 0 Å². The number of fused-ring (bicyclic) bond motifs is 1. The summed E-state index contributed by atoms with van der Waals surface area (Å²) >= 11 is 1.76. The number of amides is 1. The molecular formula is C18H24N2OS. The number of hydrogen-bond acceptors (Lipinski definition) is 3. The van der Waals surface area contributed by atoms with E-state index in [4.69, 9.17) is 4.98 Å². The first-order chi connectivity index (χ1) is 10.6. The second kappa shape index (κ2) is 6.78. The van der Waals surface area contributed by atoms with Gasteiger partial charge in [-0.15, -0.1) is 11.3 Å². The first-order valence-corrected chi connectivity index (χ1v) is 9.10. The molecule has 3 nitrogen and oxygen atoms in total. The SMILES string of the molecule is CC(C)CNC(=O)[C@H]1CCCC[C@H]1c1nc2ccccc2s1. The standard InChI is InChI=1S/C18H24N2OS/c1-12(2)11-19-17(21)13-7-3-4-8-14(13)18-20-15-9-5-6-10-16(15)22-18/h5-6,9-10,12-14H,3-4,7-8,11H2,1-2H3,(H,19,21)/t13-,14+/m0/s1. The van der Waals surface area contributed by atoms with Crippen LogP contribution in [0.15, 0.2) is 24.3 Å². The summed E-state index contributed by atoms with van der Waals surface area (Å²) in [6.07, 6.45) is 4.43. The molecule has 1 heterocycles. The molecule has 118 valence electrons. The number of nitrogens with one attached hydrogen (secondary N) is 1. The number of rotatable bonds is 4. The van der Waals surface area contributed by atoms with Crippen LogP contribution in [0.25, 0.3) is 10.2 Å². The summed E-state index contributed by atoms with van der Waals surface area (Å²) in [6, 6.07) is 8.26. The predicted octanol–water partition coefficient (Wildman–Crippen LogP) is 4.34. The van der Waals surface area contributed by atoms with E-state index in [1.54, 1.807) is 11.3 Å². The zero-order valence-corrected chi connectivity index (χ0v) is 14.2. The molecule has 0 radical (unpaired) electrons. The Bertz CT molecular complexity index is 616. The highest BCUT2D eigenvalue weighted by molar-refractivity contribution is 7.18. The van der Waals surface area contributed by atoms with E-state index in [9.17, 15) is 4.79 Å². The quantitative estimate of drug-likeness (QED) is 0.911. The minimum Gasteiger partial charge on any atom is -0.356 e. The van der Waals surface area contributed by atoms with Crippen molar-refractivity contribution in [1.82, 2.24) is 10.3 Å². The van der Waals surface area contributed by atoms with Crippen LogP contribution in [0.5, 0.6) is 0 Å². The largest absolute Gasteiger partial charge is 0.356 e. The average Bonchev–Trinajstić information content (AvgIpc) is 2.96. The number of hydrogen-bond donors (Lipinski definition) is 1. The molecule has 0 unspecified atom stereocenters. The fraction of sp³-hybridized carbons (Fsp3) is 0.556. The van der Waals surface area contributed by atoms with E-state index in [1.165, 1.54) is 11.1 Å². The summed E-state index contributed by atoms with van der Waals surface area (Å²) in [5.74, 6) is 1.09. The molecule has 2 aromatic rings. The molecule has 1 fully saturated rings. The normalized spacial score (nSPS) is 22.1. The molecule has 1 N–H and O–H groups in total. The lowest BCUT2D eigenvalue weighted by atomic mass is 9.79. The number of para-hydroxylation sites is 1. The highest BCUT2D eigenvalue weighted by Crippen LogP contribution is 2.40. The van der Waals surface area contributed by atoms with E-state index in [1.807, 2.05) is 6.07 Å². The van der Waals surface area contributed by atoms with Crippen molar-refractivity contribution in [2.24, 2.45) is 11.8 Å². The van der Waals surface area contributed by atoms with E-state index in [-0.39, 0.29) is 11.8 Å². The Kier molecular flexibility index (Phi) is 4.77. The number of carbonyl (C=O) groups excluding carboxylic acids is 1. The molecule has 1 aliphatic rings. The fourth-order valence-corrected chi connectivity index (χ4v) is 4.39. The summed E-state index contributed by atoms with van der Waals surface area (Å²) in [4.78, 5) is 17.4. The van der Waals surface area contributed by atoms with Gasteiger partial charge in [-0.05, 0) is 30.9 Å². The minimum absolute atomic E-state index is 0.0908. The lowest BCUT2D eigenvalue weighted by Gasteiger charge is -2.29. The maximum Gasteiger partial charge on any atom is 0.223 e. The van der Waals surface area contributed by atoms with Gasteiger partial charge in [0.05, 0.1) is 15.2 Å². The number of aromatic nitrogens is 1. The van der Waals surface area contributed by atoms with Gasteiger partial charge in [0.2, 0.25) is 5.91 Å². The fourth-order valence-electron chi connectivity index (χ4n) is 3.22. The minimum atomic E-state index is 0.0908. The predicted molar refractivity (Wildman–Crippen MR) is 92.2 cm³/mol. The zero-order chi connectivity index (χ0) is 15.5. The molecule has 1 saturated carbocycles. The van der Waals surface area contributed by atoms with Crippen molar-refractivity contribution in [2.45, 2.75) is 45.4 Å². The summed E-state index contributed by atoms with van der Waals surface area (Å²) < 4.78 is 1.23. The maximum absolute atomic E-state index is 12.6. The Labute approximate surface area is 136 Å². The van der Waals surface area contributed by atoms with Crippen LogP contribution in [0.1, 0.15) is 50.5 Å². The number of benzene rings is 1. The van der Waals surface area contributed by atoms with Crippen LogP contribution in [0.4, 0.5) is 0 Å². The van der Waals surface area contributed by atoms with Crippen molar-refractivity contribution in [3.05, 3.63) is 29.3 Å². The van der Waals surface area contributed by atoms with Gasteiger partial charge in [0.1, 0.15) is 0 Å². The molecule has 0 bridgehead atoms. The molecular weight excluding hydrogens is 292 g/mol. The average molecular weight is 316 g/mol. The van der Waals surface area contributed by atoms with Crippen molar-refractivity contribution in [3.8, 4) is 0 Å². The van der Waals surface area contributed by atoms with E-state index in [2.05, 4.69) is 37.4 Å². The lowest BCUT2D eigenvalue weighted by molar-refractivity contribution is -0.126. The second-order valence-corrected chi connectivity index (χ2v) is 7.72. The van der Waals surface area contributed by atoms with Crippen LogP contribution in [0, 0.1) is 11.8 Å². The van der Waals surface area contributed by atoms with Crippen LogP contribution in [0.2, 0.25) is 0 Å². The maximum atomic E-state index is 12.6. The molecule has 4 heteroatoms. The molecule has 1 aliphatic carbocycles. The molecule has 3 rings (SSSR count). The number of nitrogens with zero attached hydrogens (tertiary/aromatic N) is 1. The van der Waals surface area contributed by atoms with Crippen LogP contribution in [-0.4, -0.2) is 17.4 Å². The van der Waals surface area contributed by atoms with E-state index in [0.717, 1.165) is 36.3 Å². The Hall–Kier alpha value is -1.42. The van der Waals surface area contributed by atoms with Gasteiger partial charge in [0, 0.05) is 18.4 Å². The molecule has 1 amide bonds. The van der Waals surface area contributed by atoms with Gasteiger partial charge in [-0.3, -0.25) is 4.79 Å². The Balaban J connectivity index is 1.81. The highest BCUT2D eigenvalue weighted by Gasteiger charge is 2.33. The number of carbonyl (C=O) groups is 1. The monoisotopic (exact) mass is 316 g/mol. The van der Waals surface area contributed by atoms with Gasteiger partial charge in [0.25, 0.3) is 0 Å². The summed E-state index contributed by atoms with van der Waals surface area (Å²) in [5, 5.41) is 4.27. The van der Waals surface area contributed by atoms with Gasteiger partial charge >= 0.3 is 0 Å². The van der Waals surface area contributed by atoms with Crippen molar-refractivity contribution in [1.29, 1.82) is 0 Å². The molecule has 22 heavy (non-hydrogen) atoms. The van der Waals surface area contributed by atoms with Crippen LogP contribution < -0.4 is 5.32 Å². The van der Waals surface area contributed by atoms with E-state index < -0.39 is 0 Å². The van der Waals surface area contributed by atoms with Crippen LogP contribution in [-0.2, 0) is 4.79 Å². The Morgan fingerprint density at radius 1 is 1.32 bits per heavy atom. The summed E-state index contributed by atoms with van der Waals surface area (Å²) in [7, 11) is 0. The Morgan fingerprint density at radius 2 is 2.09 bits per heavy atom. The van der Waals surface area contributed by atoms with Gasteiger partial charge in [-0.25, -0.2) is 4.98 Å². The molecule has 1 aromatic heterocycles. The van der Waals surface area contributed by atoms with E-state index >= 15 is 0 Å². The third-order valence-corrected chi connectivity index (χ3v) is 5.58. The summed E-state index contributed by atoms with van der Waals surface area (Å²) in [5.41, 5.74) is 1.06.